The van der Waals surface area contributed by atoms with Crippen molar-refractivity contribution in [1.82, 2.24) is 0 Å². The molecule has 1 aromatic carbocycles. The predicted molar refractivity (Wildman–Crippen MR) is 63.9 cm³/mol. The van der Waals surface area contributed by atoms with Gasteiger partial charge >= 0.3 is 23.9 Å². The molecule has 8 heteroatoms. The molecular formula is C14H7F6O2+. The minimum atomic E-state index is -5.43. The first kappa shape index (κ1) is 16.0. The summed E-state index contributed by atoms with van der Waals surface area (Å²) < 4.78 is 80.3. The third kappa shape index (κ3) is 3.26. The number of rotatable bonds is 2. The smallest absolute Gasteiger partial charge is 0.284 e. The number of benzene rings is 1. The summed E-state index contributed by atoms with van der Waals surface area (Å²) in [5.41, 5.74) is -1.33. The Balaban J connectivity index is 2.61. The van der Waals surface area contributed by atoms with Crippen molar-refractivity contribution in [2.75, 3.05) is 0 Å². The van der Waals surface area contributed by atoms with Gasteiger partial charge in [0.15, 0.2) is 0 Å². The molecule has 2 rings (SSSR count). The van der Waals surface area contributed by atoms with Gasteiger partial charge in [0.2, 0.25) is 0 Å². The van der Waals surface area contributed by atoms with Crippen molar-refractivity contribution >= 4 is 5.78 Å². The van der Waals surface area contributed by atoms with Crippen LogP contribution in [0.1, 0.15) is 16.1 Å². The Bertz CT molecular complexity index is 689. The van der Waals surface area contributed by atoms with Crippen molar-refractivity contribution in [2.24, 2.45) is 0 Å². The Kier molecular flexibility index (Phi) is 3.95. The molecule has 0 radical (unpaired) electrons. The summed E-state index contributed by atoms with van der Waals surface area (Å²) in [7, 11) is 0. The normalized spacial score (nSPS) is 12.3. The van der Waals surface area contributed by atoms with Gasteiger partial charge in [0.25, 0.3) is 5.78 Å². The van der Waals surface area contributed by atoms with E-state index in [1.54, 1.807) is 6.07 Å². The Morgan fingerprint density at radius 2 is 1.45 bits per heavy atom. The first-order valence-corrected chi connectivity index (χ1v) is 5.82. The molecule has 0 saturated heterocycles. The number of hydrogen-bond acceptors (Lipinski definition) is 1. The van der Waals surface area contributed by atoms with E-state index in [0.717, 1.165) is 6.07 Å². The van der Waals surface area contributed by atoms with Crippen molar-refractivity contribution in [2.45, 2.75) is 12.4 Å². The third-order valence-electron chi connectivity index (χ3n) is 2.68. The van der Waals surface area contributed by atoms with E-state index in [-0.39, 0.29) is 11.3 Å². The van der Waals surface area contributed by atoms with Crippen LogP contribution in [0.4, 0.5) is 26.3 Å². The number of halogens is 6. The molecule has 0 N–H and O–H groups in total. The lowest BCUT2D eigenvalue weighted by molar-refractivity contribution is -0.154. The molecule has 2 nitrogen and oxygen atoms in total. The molecule has 0 atom stereocenters. The van der Waals surface area contributed by atoms with E-state index in [2.05, 4.69) is 4.42 Å². The second-order valence-corrected chi connectivity index (χ2v) is 4.23. The van der Waals surface area contributed by atoms with Gasteiger partial charge in [0, 0.05) is 6.07 Å². The Labute approximate surface area is 120 Å². The van der Waals surface area contributed by atoms with Crippen molar-refractivity contribution in [3.63, 3.8) is 0 Å². The quantitative estimate of drug-likeness (QED) is 0.443. The van der Waals surface area contributed by atoms with Crippen LogP contribution in [0.5, 0.6) is 0 Å². The molecular weight excluding hydrogens is 314 g/mol. The van der Waals surface area contributed by atoms with E-state index in [4.69, 9.17) is 0 Å². The highest BCUT2D eigenvalue weighted by Gasteiger charge is 2.53. The zero-order valence-corrected chi connectivity index (χ0v) is 10.6. The molecule has 0 aliphatic rings. The molecule has 0 amide bonds. The van der Waals surface area contributed by atoms with Gasteiger partial charge < -0.3 is 0 Å². The van der Waals surface area contributed by atoms with E-state index >= 15 is 0 Å². The lowest BCUT2D eigenvalue weighted by Crippen LogP contribution is -2.26. The van der Waals surface area contributed by atoms with Crippen LogP contribution >= 0.6 is 0 Å². The van der Waals surface area contributed by atoms with Gasteiger partial charge in [-0.05, 0) is 18.2 Å². The topological polar surface area (TPSA) is 28.4 Å². The Hall–Kier alpha value is -2.38. The van der Waals surface area contributed by atoms with E-state index in [9.17, 15) is 31.1 Å². The highest BCUT2D eigenvalue weighted by atomic mass is 19.4. The lowest BCUT2D eigenvalue weighted by atomic mass is 10.1. The van der Waals surface area contributed by atoms with Crippen LogP contribution in [0.2, 0.25) is 0 Å². The maximum absolute atomic E-state index is 12.9. The van der Waals surface area contributed by atoms with E-state index in [1.165, 1.54) is 24.3 Å². The van der Waals surface area contributed by atoms with Crippen LogP contribution in [0.15, 0.2) is 46.9 Å². The lowest BCUT2D eigenvalue weighted by Gasteiger charge is -2.06. The van der Waals surface area contributed by atoms with E-state index in [0.29, 0.717) is 6.07 Å². The molecule has 0 saturated carbocycles. The third-order valence-corrected chi connectivity index (χ3v) is 2.68. The fourth-order valence-corrected chi connectivity index (χ4v) is 1.73. The number of alkyl halides is 6. The highest BCUT2D eigenvalue weighted by Crippen LogP contribution is 2.37. The van der Waals surface area contributed by atoms with Gasteiger partial charge in [-0.2, -0.15) is 26.3 Å². The number of ketones is 1. The molecule has 22 heavy (non-hydrogen) atoms. The summed E-state index contributed by atoms with van der Waals surface area (Å²) in [4.78, 5) is 11.1. The average molecular weight is 321 g/mol. The van der Waals surface area contributed by atoms with Crippen molar-refractivity contribution in [3.05, 3.63) is 53.8 Å². The van der Waals surface area contributed by atoms with Crippen LogP contribution in [-0.4, -0.2) is 12.0 Å². The average Bonchev–Trinajstić information content (AvgIpc) is 2.45. The van der Waals surface area contributed by atoms with Crippen LogP contribution in [0, 0.1) is 0 Å². The minimum Gasteiger partial charge on any atom is -0.284 e. The summed E-state index contributed by atoms with van der Waals surface area (Å²) in [5.74, 6) is -4.88. The SMILES string of the molecule is O=C(c1ccc(-c2ccccc2)[o+]c1C(F)(F)F)C(F)(F)F. The van der Waals surface area contributed by atoms with Crippen molar-refractivity contribution in [1.29, 1.82) is 0 Å². The molecule has 0 aliphatic heterocycles. The van der Waals surface area contributed by atoms with Crippen molar-refractivity contribution < 1.29 is 35.6 Å². The van der Waals surface area contributed by atoms with Gasteiger partial charge in [0.1, 0.15) is 5.56 Å². The Morgan fingerprint density at radius 1 is 0.864 bits per heavy atom. The molecule has 0 aliphatic carbocycles. The summed E-state index contributed by atoms with van der Waals surface area (Å²) in [6.07, 6.45) is -10.7. The summed E-state index contributed by atoms with van der Waals surface area (Å²) >= 11 is 0. The molecule has 0 unspecified atom stereocenters. The monoisotopic (exact) mass is 321 g/mol. The van der Waals surface area contributed by atoms with Gasteiger partial charge in [-0.3, -0.25) is 4.79 Å². The summed E-state index contributed by atoms with van der Waals surface area (Å²) in [6.45, 7) is 0. The first-order valence-electron chi connectivity index (χ1n) is 5.82. The van der Waals surface area contributed by atoms with Gasteiger partial charge in [-0.25, -0.2) is 4.42 Å². The maximum atomic E-state index is 12.9. The second kappa shape index (κ2) is 5.43. The number of carbonyl (C=O) groups is 1. The summed E-state index contributed by atoms with van der Waals surface area (Å²) in [5, 5.41) is 0. The van der Waals surface area contributed by atoms with Crippen LogP contribution in [0.25, 0.3) is 11.3 Å². The Morgan fingerprint density at radius 3 is 1.95 bits per heavy atom. The first-order chi connectivity index (χ1) is 10.1. The standard InChI is InChI=1S/C14H7F6O2/c15-13(16,17)11(21)9-6-7-10(8-4-2-1-3-5-8)22-12(9)14(18,19)20/h1-7H/q+1. The zero-order valence-electron chi connectivity index (χ0n) is 10.6. The largest absolute Gasteiger partial charge is 0.510 e. The van der Waals surface area contributed by atoms with Gasteiger partial charge in [-0.1, -0.05) is 18.2 Å². The predicted octanol–water partition coefficient (Wildman–Crippen LogP) is 4.99. The minimum absolute atomic E-state index is 0.235. The number of hydrogen-bond donors (Lipinski definition) is 0. The van der Waals surface area contributed by atoms with Crippen LogP contribution in [-0.2, 0) is 6.18 Å². The molecule has 1 heterocycles. The van der Waals surface area contributed by atoms with Crippen molar-refractivity contribution in [3.8, 4) is 11.3 Å². The molecule has 2 aromatic rings. The molecule has 0 bridgehead atoms. The van der Waals surface area contributed by atoms with Gasteiger partial charge in [-0.15, -0.1) is 0 Å². The molecule has 0 spiro atoms. The number of carbonyl (C=O) groups excluding carboxylic acids is 1. The molecule has 116 valence electrons. The zero-order chi connectivity index (χ0) is 16.5. The van der Waals surface area contributed by atoms with Crippen LogP contribution in [0.3, 0.4) is 0 Å². The number of Topliss-reactive ketones (excluding diaryl/α,β-unsaturated/α-hetero) is 1. The fraction of sp³-hybridized carbons (Fsp3) is 0.143. The molecule has 1 aromatic heterocycles. The maximum Gasteiger partial charge on any atom is 0.510 e. The van der Waals surface area contributed by atoms with Crippen LogP contribution < -0.4 is 0 Å². The van der Waals surface area contributed by atoms with E-state index in [1.807, 2.05) is 0 Å². The fourth-order valence-electron chi connectivity index (χ4n) is 1.73. The van der Waals surface area contributed by atoms with Gasteiger partial charge in [0.05, 0.1) is 5.56 Å². The highest BCUT2D eigenvalue weighted by molar-refractivity contribution is 6.01. The van der Waals surface area contributed by atoms with E-state index < -0.39 is 29.5 Å². The summed E-state index contributed by atoms with van der Waals surface area (Å²) in [6, 6.07) is 8.85. The second-order valence-electron chi connectivity index (χ2n) is 4.23. The molecule has 0 fully saturated rings.